The molecule has 1 unspecified atom stereocenters. The van der Waals surface area contributed by atoms with Gasteiger partial charge in [-0.05, 0) is 90.6 Å². The van der Waals surface area contributed by atoms with Crippen LogP contribution in [0.2, 0.25) is 10.0 Å². The first kappa shape index (κ1) is 33.7. The number of benzene rings is 2. The van der Waals surface area contributed by atoms with Crippen molar-refractivity contribution < 1.29 is 27.5 Å². The summed E-state index contributed by atoms with van der Waals surface area (Å²) in [4.78, 5) is 36.7. The Morgan fingerprint density at radius 3 is 1.74 bits per heavy atom. The van der Waals surface area contributed by atoms with Crippen molar-refractivity contribution >= 4 is 58.0 Å². The second-order valence-corrected chi connectivity index (χ2v) is 11.9. The van der Waals surface area contributed by atoms with E-state index in [4.69, 9.17) is 39.5 Å². The van der Waals surface area contributed by atoms with Gasteiger partial charge < -0.3 is 14.5 Å². The van der Waals surface area contributed by atoms with Crippen LogP contribution in [-0.2, 0) is 30.1 Å². The Morgan fingerprint density at radius 1 is 0.783 bits per heavy atom. The zero-order valence-corrected chi connectivity index (χ0v) is 26.8. The normalized spacial score (nSPS) is 15.1. The standard InChI is InChI=1S/C18H16ClF3N2O2.C15H12Cl2N2O/c1-11(18(20,21)22)26-10-12-6-15(9-23-8-12)24-5-4-13-7-14(19)2-3-16(13)17(24)25;16-7-10-5-13(9-18-8-10)19-4-3-11-6-12(17)1-2-14(11)15(19)20/h2-3,6-9,11H,4-5,10H2,1H3;1-2,5-6,8-9H,3-4,7H2. The van der Waals surface area contributed by atoms with Gasteiger partial charge in [-0.3, -0.25) is 19.6 Å². The molecular formula is C33H28Cl3F3N4O3. The van der Waals surface area contributed by atoms with Gasteiger partial charge in [0.25, 0.3) is 11.8 Å². The number of halogens is 6. The van der Waals surface area contributed by atoms with E-state index in [2.05, 4.69) is 9.97 Å². The Balaban J connectivity index is 0.000000187. The van der Waals surface area contributed by atoms with Gasteiger partial charge in [0.2, 0.25) is 0 Å². The molecule has 4 aromatic rings. The predicted molar refractivity (Wildman–Crippen MR) is 172 cm³/mol. The highest BCUT2D eigenvalue weighted by molar-refractivity contribution is 6.31. The Bertz CT molecular complexity index is 1750. The molecule has 7 nitrogen and oxygen atoms in total. The summed E-state index contributed by atoms with van der Waals surface area (Å²) in [6, 6.07) is 14.0. The van der Waals surface area contributed by atoms with Gasteiger partial charge in [0.15, 0.2) is 6.10 Å². The third-order valence-corrected chi connectivity index (χ3v) is 8.37. The predicted octanol–water partition coefficient (Wildman–Crippen LogP) is 8.08. The summed E-state index contributed by atoms with van der Waals surface area (Å²) in [7, 11) is 0. The average Bonchev–Trinajstić information content (AvgIpc) is 3.04. The highest BCUT2D eigenvalue weighted by atomic mass is 35.5. The number of ether oxygens (including phenoxy) is 1. The smallest absolute Gasteiger partial charge is 0.364 e. The Labute approximate surface area is 278 Å². The number of nitrogens with zero attached hydrogens (tertiary/aromatic N) is 4. The summed E-state index contributed by atoms with van der Waals surface area (Å²) >= 11 is 17.7. The third kappa shape index (κ3) is 7.81. The summed E-state index contributed by atoms with van der Waals surface area (Å²) < 4.78 is 42.5. The van der Waals surface area contributed by atoms with Crippen LogP contribution in [0.3, 0.4) is 0 Å². The molecule has 0 fully saturated rings. The van der Waals surface area contributed by atoms with Crippen molar-refractivity contribution in [2.45, 2.75) is 44.5 Å². The lowest BCUT2D eigenvalue weighted by molar-refractivity contribution is -0.217. The largest absolute Gasteiger partial charge is 0.414 e. The van der Waals surface area contributed by atoms with Gasteiger partial charge in [0, 0.05) is 52.5 Å². The average molecular weight is 692 g/mol. The van der Waals surface area contributed by atoms with Crippen molar-refractivity contribution in [2.75, 3.05) is 22.9 Å². The molecule has 6 rings (SSSR count). The minimum Gasteiger partial charge on any atom is -0.364 e. The van der Waals surface area contributed by atoms with Crippen molar-refractivity contribution in [3.8, 4) is 0 Å². The zero-order chi connectivity index (χ0) is 33.0. The molecule has 4 heterocycles. The van der Waals surface area contributed by atoms with E-state index in [0.29, 0.717) is 57.8 Å². The van der Waals surface area contributed by atoms with Gasteiger partial charge in [0.1, 0.15) is 0 Å². The highest BCUT2D eigenvalue weighted by Gasteiger charge is 2.37. The van der Waals surface area contributed by atoms with Gasteiger partial charge >= 0.3 is 6.18 Å². The number of anilines is 2. The number of pyridine rings is 2. The molecule has 0 aliphatic carbocycles. The lowest BCUT2D eigenvalue weighted by Gasteiger charge is -2.28. The minimum absolute atomic E-state index is 0.0172. The second-order valence-electron chi connectivity index (χ2n) is 10.7. The molecule has 13 heteroatoms. The molecule has 0 N–H and O–H groups in total. The summed E-state index contributed by atoms with van der Waals surface area (Å²) in [6.45, 7) is 1.78. The molecule has 2 aromatic carbocycles. The van der Waals surface area contributed by atoms with Crippen LogP contribution in [0.1, 0.15) is 49.9 Å². The van der Waals surface area contributed by atoms with Crippen LogP contribution < -0.4 is 9.80 Å². The van der Waals surface area contributed by atoms with Crippen LogP contribution in [0.5, 0.6) is 0 Å². The molecule has 0 radical (unpaired) electrons. The van der Waals surface area contributed by atoms with Crippen molar-refractivity contribution in [2.24, 2.45) is 0 Å². The summed E-state index contributed by atoms with van der Waals surface area (Å²) in [5, 5.41) is 1.24. The monoisotopic (exact) mass is 690 g/mol. The fourth-order valence-corrected chi connectivity index (χ4v) is 5.65. The van der Waals surface area contributed by atoms with Crippen LogP contribution in [0.25, 0.3) is 0 Å². The quantitative estimate of drug-likeness (QED) is 0.191. The number of hydrogen-bond donors (Lipinski definition) is 0. The zero-order valence-electron chi connectivity index (χ0n) is 24.5. The number of carbonyl (C=O) groups is 2. The van der Waals surface area contributed by atoms with Crippen LogP contribution >= 0.6 is 34.8 Å². The summed E-state index contributed by atoms with van der Waals surface area (Å²) in [5.74, 6) is 0.178. The van der Waals surface area contributed by atoms with Gasteiger partial charge in [-0.2, -0.15) is 13.2 Å². The maximum atomic E-state index is 12.7. The highest BCUT2D eigenvalue weighted by Crippen LogP contribution is 2.29. The van der Waals surface area contributed by atoms with E-state index in [1.165, 1.54) is 12.4 Å². The molecule has 0 saturated heterocycles. The van der Waals surface area contributed by atoms with E-state index in [1.54, 1.807) is 58.6 Å². The van der Waals surface area contributed by atoms with Crippen LogP contribution in [0, 0.1) is 0 Å². The lowest BCUT2D eigenvalue weighted by Crippen LogP contribution is -2.37. The molecule has 2 amide bonds. The number of carbonyl (C=O) groups excluding carboxylic acids is 2. The molecule has 0 bridgehead atoms. The van der Waals surface area contributed by atoms with Crippen molar-refractivity contribution in [1.29, 1.82) is 0 Å². The van der Waals surface area contributed by atoms with Gasteiger partial charge in [-0.25, -0.2) is 0 Å². The van der Waals surface area contributed by atoms with E-state index in [1.807, 2.05) is 12.1 Å². The van der Waals surface area contributed by atoms with Crippen molar-refractivity contribution in [1.82, 2.24) is 9.97 Å². The number of alkyl halides is 4. The number of hydrogen-bond acceptors (Lipinski definition) is 5. The molecule has 1 atom stereocenters. The molecule has 2 aliphatic heterocycles. The fourth-order valence-electron chi connectivity index (χ4n) is 5.12. The van der Waals surface area contributed by atoms with E-state index >= 15 is 0 Å². The Hall–Kier alpha value is -3.70. The maximum absolute atomic E-state index is 12.7. The molecule has 0 saturated carbocycles. The molecule has 2 aromatic heterocycles. The Morgan fingerprint density at radius 2 is 1.26 bits per heavy atom. The van der Waals surface area contributed by atoms with Crippen LogP contribution in [-0.4, -0.2) is 47.2 Å². The maximum Gasteiger partial charge on any atom is 0.414 e. The first-order valence-corrected chi connectivity index (χ1v) is 15.6. The topological polar surface area (TPSA) is 75.6 Å². The number of fused-ring (bicyclic) bond motifs is 2. The van der Waals surface area contributed by atoms with Gasteiger partial charge in [0.05, 0.1) is 30.4 Å². The Kier molecular flexibility index (Phi) is 10.5. The van der Waals surface area contributed by atoms with Gasteiger partial charge in [-0.15, -0.1) is 11.6 Å². The van der Waals surface area contributed by atoms with Crippen LogP contribution in [0.15, 0.2) is 73.3 Å². The molecular weight excluding hydrogens is 664 g/mol. The molecule has 240 valence electrons. The van der Waals surface area contributed by atoms with Crippen molar-refractivity contribution in [3.63, 3.8) is 0 Å². The minimum atomic E-state index is -4.42. The SMILES string of the molecule is CC(OCc1cncc(N2CCc3cc(Cl)ccc3C2=O)c1)C(F)(F)F.O=C1c2ccc(Cl)cc2CCN1c1cncc(CCl)c1. The lowest BCUT2D eigenvalue weighted by atomic mass is 9.98. The van der Waals surface area contributed by atoms with E-state index in [0.717, 1.165) is 35.7 Å². The number of aromatic nitrogens is 2. The van der Waals surface area contributed by atoms with Gasteiger partial charge in [-0.1, -0.05) is 23.2 Å². The first-order valence-electron chi connectivity index (χ1n) is 14.3. The summed E-state index contributed by atoms with van der Waals surface area (Å²) in [6.07, 6.45) is 1.45. The van der Waals surface area contributed by atoms with Crippen LogP contribution in [0.4, 0.5) is 24.5 Å². The molecule has 46 heavy (non-hydrogen) atoms. The van der Waals surface area contributed by atoms with E-state index in [9.17, 15) is 22.8 Å². The van der Waals surface area contributed by atoms with E-state index in [-0.39, 0.29) is 18.4 Å². The summed E-state index contributed by atoms with van der Waals surface area (Å²) in [5.41, 5.74) is 5.83. The first-order chi connectivity index (χ1) is 21.9. The van der Waals surface area contributed by atoms with Crippen molar-refractivity contribution in [3.05, 3.63) is 117 Å². The third-order valence-electron chi connectivity index (χ3n) is 7.59. The second kappa shape index (κ2) is 14.4. The molecule has 0 spiro atoms. The van der Waals surface area contributed by atoms with E-state index < -0.39 is 12.3 Å². The fraction of sp³-hybridized carbons (Fsp3) is 0.273. The molecule has 2 aliphatic rings. The number of rotatable bonds is 6. The number of amides is 2.